The quantitative estimate of drug-likeness (QED) is 0.401. The van der Waals surface area contributed by atoms with E-state index in [-0.39, 0.29) is 4.90 Å². The number of rotatable bonds is 8. The van der Waals surface area contributed by atoms with Crippen molar-refractivity contribution >= 4 is 33.4 Å². The van der Waals surface area contributed by atoms with Gasteiger partial charge in [-0.25, -0.2) is 13.2 Å². The maximum Gasteiger partial charge on any atom is 0.341 e. The summed E-state index contributed by atoms with van der Waals surface area (Å²) in [6, 6.07) is 4.67. The fraction of sp³-hybridized carbons (Fsp3) is 0.353. The maximum absolute atomic E-state index is 12.8. The van der Waals surface area contributed by atoms with E-state index >= 15 is 0 Å². The number of furan rings is 1. The van der Waals surface area contributed by atoms with E-state index in [0.717, 1.165) is 0 Å². The third kappa shape index (κ3) is 3.77. The Morgan fingerprint density at radius 2 is 2.00 bits per heavy atom. The van der Waals surface area contributed by atoms with Gasteiger partial charge in [-0.3, -0.25) is 4.40 Å². The first kappa shape index (κ1) is 20.4. The van der Waals surface area contributed by atoms with Crippen LogP contribution in [0, 0.1) is 0 Å². The predicted molar refractivity (Wildman–Crippen MR) is 103 cm³/mol. The summed E-state index contributed by atoms with van der Waals surface area (Å²) in [5.41, 5.74) is 0.863. The molecule has 0 unspecified atom stereocenters. The van der Waals surface area contributed by atoms with Gasteiger partial charge in [0.1, 0.15) is 11.3 Å². The van der Waals surface area contributed by atoms with Gasteiger partial charge in [-0.05, 0) is 18.2 Å². The first-order valence-electron chi connectivity index (χ1n) is 8.54. The van der Waals surface area contributed by atoms with Gasteiger partial charge in [0.2, 0.25) is 10.0 Å². The highest BCUT2D eigenvalue weighted by atomic mass is 32.2. The smallest absolute Gasteiger partial charge is 0.341 e. The summed E-state index contributed by atoms with van der Waals surface area (Å²) in [5.74, 6) is 0.272. The Bertz CT molecular complexity index is 1090. The van der Waals surface area contributed by atoms with Gasteiger partial charge in [0.05, 0.1) is 24.0 Å². The highest BCUT2D eigenvalue weighted by Crippen LogP contribution is 2.26. The highest BCUT2D eigenvalue weighted by molar-refractivity contribution is 7.98. The zero-order chi connectivity index (χ0) is 20.3. The molecule has 0 fully saturated rings. The number of carbonyl (C=O) groups is 1. The third-order valence-electron chi connectivity index (χ3n) is 4.17. The molecule has 0 saturated carbocycles. The number of nitrogens with zero attached hydrogens (tertiary/aromatic N) is 4. The molecule has 3 heterocycles. The second-order valence-corrected chi connectivity index (χ2v) is 8.58. The maximum atomic E-state index is 12.8. The molecule has 3 aromatic rings. The number of sulfonamides is 1. The summed E-state index contributed by atoms with van der Waals surface area (Å²) in [5, 5.41) is 8.65. The standard InChI is InChI=1S/C17H20N4O5S2/c1-4-20(5-2)28(23,24)12-6-7-15-18-19-17(21(15)10-12)27-11-14-13(8-9-26-14)16(22)25-3/h6-10H,4-5,11H2,1-3H3. The van der Waals surface area contributed by atoms with Crippen molar-refractivity contribution in [3.05, 3.63) is 42.0 Å². The predicted octanol–water partition coefficient (Wildman–Crippen LogP) is 2.43. The number of hydrogen-bond donors (Lipinski definition) is 0. The number of ether oxygens (including phenoxy) is 1. The largest absolute Gasteiger partial charge is 0.468 e. The molecule has 11 heteroatoms. The van der Waals surface area contributed by atoms with Gasteiger partial charge in [-0.2, -0.15) is 4.31 Å². The van der Waals surface area contributed by atoms with Crippen LogP contribution in [0.2, 0.25) is 0 Å². The fourth-order valence-corrected chi connectivity index (χ4v) is 5.01. The topological polar surface area (TPSA) is 107 Å². The monoisotopic (exact) mass is 424 g/mol. The normalized spacial score (nSPS) is 12.0. The Balaban J connectivity index is 1.90. The van der Waals surface area contributed by atoms with E-state index in [9.17, 15) is 13.2 Å². The molecule has 0 bridgehead atoms. The van der Waals surface area contributed by atoms with Gasteiger partial charge in [0, 0.05) is 19.3 Å². The highest BCUT2D eigenvalue weighted by Gasteiger charge is 2.23. The number of methoxy groups -OCH3 is 1. The summed E-state index contributed by atoms with van der Waals surface area (Å²) in [6.45, 7) is 4.36. The lowest BCUT2D eigenvalue weighted by atomic mass is 10.3. The lowest BCUT2D eigenvalue weighted by Crippen LogP contribution is -2.30. The van der Waals surface area contributed by atoms with E-state index in [1.54, 1.807) is 30.4 Å². The Hall–Kier alpha value is -2.37. The molecular formula is C17H20N4O5S2. The average molecular weight is 425 g/mol. The minimum absolute atomic E-state index is 0.165. The van der Waals surface area contributed by atoms with Gasteiger partial charge in [-0.15, -0.1) is 10.2 Å². The van der Waals surface area contributed by atoms with Gasteiger partial charge in [0.15, 0.2) is 10.8 Å². The second kappa shape index (κ2) is 8.33. The van der Waals surface area contributed by atoms with Crippen molar-refractivity contribution in [3.8, 4) is 0 Å². The number of pyridine rings is 1. The van der Waals surface area contributed by atoms with Gasteiger partial charge < -0.3 is 9.15 Å². The summed E-state index contributed by atoms with van der Waals surface area (Å²) >= 11 is 1.28. The molecule has 0 amide bonds. The summed E-state index contributed by atoms with van der Waals surface area (Å²) in [4.78, 5) is 11.9. The van der Waals surface area contributed by atoms with Crippen molar-refractivity contribution in [2.45, 2.75) is 29.7 Å². The lowest BCUT2D eigenvalue weighted by Gasteiger charge is -2.18. The Kier molecular flexibility index (Phi) is 6.06. The zero-order valence-electron chi connectivity index (χ0n) is 15.7. The van der Waals surface area contributed by atoms with E-state index in [4.69, 9.17) is 9.15 Å². The molecule has 0 atom stereocenters. The van der Waals surface area contributed by atoms with Crippen LogP contribution in [0.25, 0.3) is 5.65 Å². The number of fused-ring (bicyclic) bond motifs is 1. The van der Waals surface area contributed by atoms with Crippen LogP contribution in [0.5, 0.6) is 0 Å². The van der Waals surface area contributed by atoms with E-state index < -0.39 is 16.0 Å². The minimum Gasteiger partial charge on any atom is -0.468 e. The van der Waals surface area contributed by atoms with Crippen LogP contribution in [0.15, 0.2) is 45.1 Å². The molecule has 0 aromatic carbocycles. The van der Waals surface area contributed by atoms with Crippen LogP contribution in [-0.4, -0.2) is 53.5 Å². The van der Waals surface area contributed by atoms with Crippen molar-refractivity contribution in [2.75, 3.05) is 20.2 Å². The number of esters is 1. The molecule has 28 heavy (non-hydrogen) atoms. The lowest BCUT2D eigenvalue weighted by molar-refractivity contribution is 0.0598. The number of thioether (sulfide) groups is 1. The molecular weight excluding hydrogens is 404 g/mol. The SMILES string of the molecule is CCN(CC)S(=O)(=O)c1ccc2nnc(SCc3occc3C(=O)OC)n2c1. The summed E-state index contributed by atoms with van der Waals surface area (Å²) in [6.07, 6.45) is 2.92. The number of hydrogen-bond acceptors (Lipinski definition) is 8. The molecule has 0 aliphatic carbocycles. The van der Waals surface area contributed by atoms with Crippen molar-refractivity contribution < 1.29 is 22.4 Å². The fourth-order valence-electron chi connectivity index (χ4n) is 2.69. The van der Waals surface area contributed by atoms with Crippen LogP contribution in [0.3, 0.4) is 0 Å². The Morgan fingerprint density at radius 3 is 2.68 bits per heavy atom. The van der Waals surface area contributed by atoms with Crippen molar-refractivity contribution in [1.82, 2.24) is 18.9 Å². The van der Waals surface area contributed by atoms with E-state index in [0.29, 0.717) is 41.0 Å². The van der Waals surface area contributed by atoms with Crippen LogP contribution in [-0.2, 0) is 20.5 Å². The number of aromatic nitrogens is 3. The van der Waals surface area contributed by atoms with Crippen molar-refractivity contribution in [3.63, 3.8) is 0 Å². The molecule has 0 aliphatic heterocycles. The Morgan fingerprint density at radius 1 is 1.25 bits per heavy atom. The van der Waals surface area contributed by atoms with Gasteiger partial charge >= 0.3 is 5.97 Å². The third-order valence-corrected chi connectivity index (χ3v) is 7.15. The van der Waals surface area contributed by atoms with Crippen LogP contribution < -0.4 is 0 Å². The van der Waals surface area contributed by atoms with E-state index in [1.165, 1.54) is 41.7 Å². The van der Waals surface area contributed by atoms with Gasteiger partial charge in [-0.1, -0.05) is 25.6 Å². The zero-order valence-corrected chi connectivity index (χ0v) is 17.3. The van der Waals surface area contributed by atoms with Gasteiger partial charge in [0.25, 0.3) is 0 Å². The summed E-state index contributed by atoms with van der Waals surface area (Å²) < 4.78 is 38.6. The minimum atomic E-state index is -3.60. The van der Waals surface area contributed by atoms with Crippen molar-refractivity contribution in [1.29, 1.82) is 0 Å². The van der Waals surface area contributed by atoms with Crippen LogP contribution in [0.1, 0.15) is 30.0 Å². The van der Waals surface area contributed by atoms with Crippen LogP contribution >= 0.6 is 11.8 Å². The van der Waals surface area contributed by atoms with E-state index in [1.807, 2.05) is 0 Å². The first-order valence-corrected chi connectivity index (χ1v) is 11.0. The molecule has 150 valence electrons. The molecule has 9 nitrogen and oxygen atoms in total. The second-order valence-electron chi connectivity index (χ2n) is 5.70. The molecule has 3 aromatic heterocycles. The molecule has 0 N–H and O–H groups in total. The summed E-state index contributed by atoms with van der Waals surface area (Å²) in [7, 11) is -2.30. The molecule has 3 rings (SSSR count). The Labute approximate surface area is 166 Å². The first-order chi connectivity index (χ1) is 13.4. The molecule has 0 saturated heterocycles. The number of carbonyl (C=O) groups excluding carboxylic acids is 1. The molecule has 0 radical (unpaired) electrons. The van der Waals surface area contributed by atoms with E-state index in [2.05, 4.69) is 10.2 Å². The van der Waals surface area contributed by atoms with Crippen LogP contribution in [0.4, 0.5) is 0 Å². The molecule has 0 aliphatic rings. The van der Waals surface area contributed by atoms with Crippen molar-refractivity contribution in [2.24, 2.45) is 0 Å². The molecule has 0 spiro atoms. The average Bonchev–Trinajstić information content (AvgIpc) is 3.32.